The molecule has 1 heterocycles. The van der Waals surface area contributed by atoms with Crippen LogP contribution >= 0.6 is 11.6 Å². The lowest BCUT2D eigenvalue weighted by Crippen LogP contribution is -2.23. The SMILES string of the molecule is Cc1[nH]ncc1CNS(=O)(=O)c1ccc(CN)cc1Cl. The van der Waals surface area contributed by atoms with Gasteiger partial charge < -0.3 is 5.73 Å². The summed E-state index contributed by atoms with van der Waals surface area (Å²) in [4.78, 5) is 0.0394. The summed E-state index contributed by atoms with van der Waals surface area (Å²) < 4.78 is 26.9. The lowest BCUT2D eigenvalue weighted by molar-refractivity contribution is 0.581. The zero-order valence-corrected chi connectivity index (χ0v) is 12.4. The van der Waals surface area contributed by atoms with E-state index in [1.807, 2.05) is 6.92 Å². The van der Waals surface area contributed by atoms with Crippen molar-refractivity contribution >= 4 is 21.6 Å². The van der Waals surface area contributed by atoms with Crippen LogP contribution < -0.4 is 10.5 Å². The van der Waals surface area contributed by atoms with Crippen LogP contribution in [-0.2, 0) is 23.1 Å². The second-order valence-corrected chi connectivity index (χ2v) is 6.46. The Bertz CT molecular complexity index is 712. The molecule has 1 aromatic carbocycles. The third kappa shape index (κ3) is 3.18. The second-order valence-electron chi connectivity index (χ2n) is 4.31. The quantitative estimate of drug-likeness (QED) is 0.774. The number of hydrogen-bond acceptors (Lipinski definition) is 4. The molecule has 2 aromatic rings. The Balaban J connectivity index is 2.20. The molecule has 0 bridgehead atoms. The minimum Gasteiger partial charge on any atom is -0.326 e. The summed E-state index contributed by atoms with van der Waals surface area (Å²) in [7, 11) is -3.67. The van der Waals surface area contributed by atoms with Crippen LogP contribution in [0.15, 0.2) is 29.3 Å². The maximum absolute atomic E-state index is 12.2. The minimum absolute atomic E-state index is 0.0394. The fraction of sp³-hybridized carbons (Fsp3) is 0.250. The molecular weight excluding hydrogens is 300 g/mol. The van der Waals surface area contributed by atoms with Gasteiger partial charge in [0.15, 0.2) is 0 Å². The molecule has 6 nitrogen and oxygen atoms in total. The lowest BCUT2D eigenvalue weighted by Gasteiger charge is -2.09. The smallest absolute Gasteiger partial charge is 0.242 e. The number of nitrogens with one attached hydrogen (secondary N) is 2. The molecule has 0 spiro atoms. The van der Waals surface area contributed by atoms with Crippen molar-refractivity contribution < 1.29 is 8.42 Å². The topological polar surface area (TPSA) is 101 Å². The Morgan fingerprint density at radius 2 is 2.20 bits per heavy atom. The van der Waals surface area contributed by atoms with Gasteiger partial charge in [-0.15, -0.1) is 0 Å². The first kappa shape index (κ1) is 15.0. The highest BCUT2D eigenvalue weighted by Crippen LogP contribution is 2.22. The summed E-state index contributed by atoms with van der Waals surface area (Å²) in [6, 6.07) is 4.65. The molecule has 0 aliphatic carbocycles. The molecule has 0 atom stereocenters. The predicted molar refractivity (Wildman–Crippen MR) is 76.7 cm³/mol. The standard InChI is InChI=1S/C12H15ClN4O2S/c1-8-10(6-15-17-8)7-16-20(18,19)12-3-2-9(5-14)4-11(12)13/h2-4,6,16H,5,7,14H2,1H3,(H,15,17). The fourth-order valence-corrected chi connectivity index (χ4v) is 3.27. The number of H-pyrrole nitrogens is 1. The van der Waals surface area contributed by atoms with Crippen molar-refractivity contribution in [3.05, 3.63) is 46.2 Å². The van der Waals surface area contributed by atoms with Crippen LogP contribution in [-0.4, -0.2) is 18.6 Å². The van der Waals surface area contributed by atoms with Crippen LogP contribution in [0.25, 0.3) is 0 Å². The Labute approximate surface area is 122 Å². The fourth-order valence-electron chi connectivity index (χ4n) is 1.69. The molecule has 20 heavy (non-hydrogen) atoms. The summed E-state index contributed by atoms with van der Waals surface area (Å²) >= 11 is 5.99. The third-order valence-corrected chi connectivity index (χ3v) is 4.79. The monoisotopic (exact) mass is 314 g/mol. The maximum atomic E-state index is 12.2. The van der Waals surface area contributed by atoms with E-state index in [4.69, 9.17) is 17.3 Å². The largest absolute Gasteiger partial charge is 0.326 e. The first-order valence-electron chi connectivity index (χ1n) is 5.91. The number of hydrogen-bond donors (Lipinski definition) is 3. The molecule has 0 fully saturated rings. The maximum Gasteiger partial charge on any atom is 0.242 e. The molecule has 0 aliphatic heterocycles. The summed E-state index contributed by atoms with van der Waals surface area (Å²) in [6.45, 7) is 2.28. The number of halogens is 1. The zero-order valence-electron chi connectivity index (χ0n) is 10.9. The molecule has 0 unspecified atom stereocenters. The number of nitrogens with zero attached hydrogens (tertiary/aromatic N) is 1. The number of sulfonamides is 1. The molecule has 0 radical (unpaired) electrons. The van der Waals surface area contributed by atoms with E-state index < -0.39 is 10.0 Å². The van der Waals surface area contributed by atoms with E-state index in [-0.39, 0.29) is 16.5 Å². The Kier molecular flexibility index (Phi) is 4.44. The molecule has 0 saturated carbocycles. The number of aromatic nitrogens is 2. The van der Waals surface area contributed by atoms with Gasteiger partial charge in [-0.3, -0.25) is 5.10 Å². The van der Waals surface area contributed by atoms with E-state index in [2.05, 4.69) is 14.9 Å². The minimum atomic E-state index is -3.67. The van der Waals surface area contributed by atoms with E-state index >= 15 is 0 Å². The average Bonchev–Trinajstić information content (AvgIpc) is 2.81. The van der Waals surface area contributed by atoms with E-state index in [0.717, 1.165) is 16.8 Å². The second kappa shape index (κ2) is 5.92. The van der Waals surface area contributed by atoms with Crippen LogP contribution in [0, 0.1) is 6.92 Å². The van der Waals surface area contributed by atoms with E-state index in [0.29, 0.717) is 6.54 Å². The van der Waals surface area contributed by atoms with Gasteiger partial charge in [0, 0.05) is 24.3 Å². The first-order valence-corrected chi connectivity index (χ1v) is 7.77. The van der Waals surface area contributed by atoms with Gasteiger partial charge in [-0.25, -0.2) is 13.1 Å². The molecule has 0 aliphatic rings. The summed E-state index contributed by atoms with van der Waals surface area (Å²) in [5, 5.41) is 6.74. The van der Waals surface area contributed by atoms with Gasteiger partial charge in [0.2, 0.25) is 10.0 Å². The first-order chi connectivity index (χ1) is 9.44. The van der Waals surface area contributed by atoms with Gasteiger partial charge in [0.25, 0.3) is 0 Å². The normalized spacial score (nSPS) is 11.8. The van der Waals surface area contributed by atoms with Crippen molar-refractivity contribution in [2.75, 3.05) is 0 Å². The highest BCUT2D eigenvalue weighted by molar-refractivity contribution is 7.89. The summed E-state index contributed by atoms with van der Waals surface area (Å²) in [6.07, 6.45) is 1.58. The van der Waals surface area contributed by atoms with Crippen molar-refractivity contribution in [1.29, 1.82) is 0 Å². The predicted octanol–water partition coefficient (Wildman–Crippen LogP) is 1.31. The van der Waals surface area contributed by atoms with E-state index in [9.17, 15) is 8.42 Å². The van der Waals surface area contributed by atoms with Crippen LogP contribution in [0.3, 0.4) is 0 Å². The lowest BCUT2D eigenvalue weighted by atomic mass is 10.2. The van der Waals surface area contributed by atoms with Gasteiger partial charge in [-0.05, 0) is 24.6 Å². The van der Waals surface area contributed by atoms with Crippen LogP contribution in [0.5, 0.6) is 0 Å². The molecule has 1 aromatic heterocycles. The highest BCUT2D eigenvalue weighted by atomic mass is 35.5. The van der Waals surface area contributed by atoms with Crippen molar-refractivity contribution in [1.82, 2.24) is 14.9 Å². The van der Waals surface area contributed by atoms with E-state index in [1.165, 1.54) is 6.07 Å². The average molecular weight is 315 g/mol. The molecule has 0 amide bonds. The van der Waals surface area contributed by atoms with Crippen molar-refractivity contribution in [2.24, 2.45) is 5.73 Å². The summed E-state index contributed by atoms with van der Waals surface area (Å²) in [5.41, 5.74) is 7.86. The van der Waals surface area contributed by atoms with Crippen LogP contribution in [0.1, 0.15) is 16.8 Å². The summed E-state index contributed by atoms with van der Waals surface area (Å²) in [5.74, 6) is 0. The van der Waals surface area contributed by atoms with Crippen molar-refractivity contribution in [3.63, 3.8) is 0 Å². The van der Waals surface area contributed by atoms with Crippen LogP contribution in [0.4, 0.5) is 0 Å². The Hall–Kier alpha value is -1.41. The molecule has 4 N–H and O–H groups in total. The van der Waals surface area contributed by atoms with E-state index in [1.54, 1.807) is 18.3 Å². The molecular formula is C12H15ClN4O2S. The zero-order chi connectivity index (χ0) is 14.8. The third-order valence-electron chi connectivity index (χ3n) is 2.91. The molecule has 8 heteroatoms. The van der Waals surface area contributed by atoms with Gasteiger partial charge in [-0.2, -0.15) is 5.10 Å². The van der Waals surface area contributed by atoms with Gasteiger partial charge >= 0.3 is 0 Å². The number of nitrogens with two attached hydrogens (primary N) is 1. The number of benzene rings is 1. The van der Waals surface area contributed by atoms with Crippen molar-refractivity contribution in [3.8, 4) is 0 Å². The molecule has 2 rings (SSSR count). The van der Waals surface area contributed by atoms with Gasteiger partial charge in [-0.1, -0.05) is 17.7 Å². The molecule has 108 valence electrons. The Morgan fingerprint density at radius 1 is 1.45 bits per heavy atom. The highest BCUT2D eigenvalue weighted by Gasteiger charge is 2.18. The van der Waals surface area contributed by atoms with Crippen molar-refractivity contribution in [2.45, 2.75) is 24.9 Å². The van der Waals surface area contributed by atoms with Gasteiger partial charge in [0.05, 0.1) is 11.2 Å². The molecule has 0 saturated heterocycles. The number of rotatable bonds is 5. The van der Waals surface area contributed by atoms with Gasteiger partial charge in [0.1, 0.15) is 4.90 Å². The number of aryl methyl sites for hydroxylation is 1. The number of aromatic amines is 1. The Morgan fingerprint density at radius 3 is 2.75 bits per heavy atom. The van der Waals surface area contributed by atoms with Crippen LogP contribution in [0.2, 0.25) is 5.02 Å².